The third-order valence-electron chi connectivity index (χ3n) is 4.47. The van der Waals surface area contributed by atoms with Crippen molar-refractivity contribution in [2.75, 3.05) is 53.2 Å². The number of nitrogens with zero attached hydrogens (tertiary/aromatic N) is 3. The summed E-state index contributed by atoms with van der Waals surface area (Å²) in [5.74, 6) is 0.133. The molecule has 28 heavy (non-hydrogen) atoms. The topological polar surface area (TPSA) is 47.0 Å². The zero-order valence-corrected chi connectivity index (χ0v) is 17.5. The van der Waals surface area contributed by atoms with Crippen LogP contribution in [0.4, 0.5) is 5.69 Å². The number of aromatic hydroxyl groups is 1. The smallest absolute Gasteiger partial charge is 0.185 e. The Bertz CT molecular complexity index is 828. The Morgan fingerprint density at radius 2 is 1.71 bits per heavy atom. The Kier molecular flexibility index (Phi) is 7.79. The molecule has 0 aromatic heterocycles. The van der Waals surface area contributed by atoms with Gasteiger partial charge < -0.3 is 19.8 Å². The van der Waals surface area contributed by atoms with E-state index in [1.807, 2.05) is 37.2 Å². The summed E-state index contributed by atoms with van der Waals surface area (Å²) in [6, 6.07) is 13.1. The first kappa shape index (κ1) is 21.7. The molecule has 0 fully saturated rings. The molecular formula is C23H31N3O2. The molecule has 0 saturated heterocycles. The van der Waals surface area contributed by atoms with Crippen molar-refractivity contribution >= 4 is 17.5 Å². The van der Waals surface area contributed by atoms with Crippen LogP contribution in [0.15, 0.2) is 48.5 Å². The van der Waals surface area contributed by atoms with Crippen molar-refractivity contribution in [1.29, 1.82) is 0 Å². The lowest BCUT2D eigenvalue weighted by Crippen LogP contribution is -2.28. The monoisotopic (exact) mass is 381 g/mol. The lowest BCUT2D eigenvalue weighted by Gasteiger charge is -2.21. The third kappa shape index (κ3) is 6.51. The first-order valence-electron chi connectivity index (χ1n) is 9.41. The third-order valence-corrected chi connectivity index (χ3v) is 4.47. The second-order valence-electron chi connectivity index (χ2n) is 7.60. The van der Waals surface area contributed by atoms with Gasteiger partial charge in [-0.2, -0.15) is 0 Å². The van der Waals surface area contributed by atoms with Gasteiger partial charge in [-0.05, 0) is 70.2 Å². The number of rotatable bonds is 9. The number of hydrogen-bond donors (Lipinski definition) is 1. The lowest BCUT2D eigenvalue weighted by atomic mass is 10.0. The van der Waals surface area contributed by atoms with Gasteiger partial charge in [-0.25, -0.2) is 0 Å². The van der Waals surface area contributed by atoms with Crippen LogP contribution in [0.2, 0.25) is 0 Å². The molecule has 2 aromatic rings. The summed E-state index contributed by atoms with van der Waals surface area (Å²) in [5.41, 5.74) is 3.42. The molecule has 0 atom stereocenters. The molecule has 2 aromatic carbocycles. The van der Waals surface area contributed by atoms with Crippen LogP contribution in [0.3, 0.4) is 0 Å². The van der Waals surface area contributed by atoms with E-state index >= 15 is 0 Å². The summed E-state index contributed by atoms with van der Waals surface area (Å²) in [5, 5.41) is 9.97. The summed E-state index contributed by atoms with van der Waals surface area (Å²) >= 11 is 0. The molecule has 0 bridgehead atoms. The highest BCUT2D eigenvalue weighted by Crippen LogP contribution is 2.21. The normalized spacial score (nSPS) is 11.5. The van der Waals surface area contributed by atoms with Crippen LogP contribution in [0.1, 0.15) is 21.5 Å². The fraction of sp³-hybridized carbons (Fsp3) is 0.348. The Hall–Kier alpha value is -2.63. The molecule has 0 aliphatic heterocycles. The minimum atomic E-state index is -0.0774. The number of phenolic OH excluding ortho intramolecular Hbond substituents is 1. The van der Waals surface area contributed by atoms with Gasteiger partial charge in [0.15, 0.2) is 5.78 Å². The summed E-state index contributed by atoms with van der Waals surface area (Å²) in [7, 11) is 10.0. The minimum absolute atomic E-state index is 0.0774. The summed E-state index contributed by atoms with van der Waals surface area (Å²) in [6.07, 6.45) is 3.43. The van der Waals surface area contributed by atoms with Crippen molar-refractivity contribution in [2.24, 2.45) is 0 Å². The summed E-state index contributed by atoms with van der Waals surface area (Å²) in [6.45, 7) is 2.49. The number of allylic oxidation sites excluding steroid dienone is 1. The Morgan fingerprint density at radius 1 is 0.964 bits per heavy atom. The van der Waals surface area contributed by atoms with Crippen molar-refractivity contribution in [1.82, 2.24) is 9.80 Å². The molecule has 2 rings (SSSR count). The average Bonchev–Trinajstić information content (AvgIpc) is 2.65. The van der Waals surface area contributed by atoms with E-state index in [1.54, 1.807) is 24.3 Å². The highest BCUT2D eigenvalue weighted by molar-refractivity contribution is 6.07. The van der Waals surface area contributed by atoms with Gasteiger partial charge in [-0.15, -0.1) is 0 Å². The summed E-state index contributed by atoms with van der Waals surface area (Å²) in [4.78, 5) is 18.9. The highest BCUT2D eigenvalue weighted by atomic mass is 16.3. The van der Waals surface area contributed by atoms with Gasteiger partial charge in [0.05, 0.1) is 0 Å². The Labute approximate surface area is 168 Å². The van der Waals surface area contributed by atoms with E-state index in [0.717, 1.165) is 29.9 Å². The second kappa shape index (κ2) is 10.1. The van der Waals surface area contributed by atoms with Crippen LogP contribution >= 0.6 is 0 Å². The molecule has 0 amide bonds. The van der Waals surface area contributed by atoms with E-state index in [9.17, 15) is 9.90 Å². The standard InChI is InChI=1S/C23H31N3O2/c1-24(2)13-14-26(5)21-8-6-7-18(15-21)9-11-22(27)19-10-12-23(28)20(16-19)17-25(3)4/h6-12,15-16,28H,13-14,17H2,1-5H3. The van der Waals surface area contributed by atoms with Crippen molar-refractivity contribution in [2.45, 2.75) is 6.54 Å². The zero-order chi connectivity index (χ0) is 20.7. The van der Waals surface area contributed by atoms with E-state index in [4.69, 9.17) is 0 Å². The van der Waals surface area contributed by atoms with Crippen LogP contribution in [0.25, 0.3) is 6.08 Å². The Morgan fingerprint density at radius 3 is 2.39 bits per heavy atom. The fourth-order valence-corrected chi connectivity index (χ4v) is 2.82. The number of phenols is 1. The van der Waals surface area contributed by atoms with Crippen LogP contribution in [0.5, 0.6) is 5.75 Å². The fourth-order valence-electron chi connectivity index (χ4n) is 2.82. The van der Waals surface area contributed by atoms with Crippen molar-refractivity contribution in [3.05, 3.63) is 65.2 Å². The molecular weight excluding hydrogens is 350 g/mol. The molecule has 0 spiro atoms. The average molecular weight is 382 g/mol. The number of benzene rings is 2. The number of carbonyl (C=O) groups is 1. The van der Waals surface area contributed by atoms with Crippen molar-refractivity contribution in [3.8, 4) is 5.75 Å². The van der Waals surface area contributed by atoms with Crippen LogP contribution < -0.4 is 4.90 Å². The van der Waals surface area contributed by atoms with Gasteiger partial charge in [0.25, 0.3) is 0 Å². The predicted octanol–water partition coefficient (Wildman–Crippen LogP) is 3.35. The summed E-state index contributed by atoms with van der Waals surface area (Å²) < 4.78 is 0. The number of carbonyl (C=O) groups excluding carboxylic acids is 1. The molecule has 5 nitrogen and oxygen atoms in total. The molecule has 1 N–H and O–H groups in total. The van der Waals surface area contributed by atoms with E-state index < -0.39 is 0 Å². The first-order chi connectivity index (χ1) is 13.3. The molecule has 0 radical (unpaired) electrons. The van der Waals surface area contributed by atoms with Gasteiger partial charge in [0, 0.05) is 43.5 Å². The second-order valence-corrected chi connectivity index (χ2v) is 7.60. The number of ketones is 1. The molecule has 0 aliphatic rings. The van der Waals surface area contributed by atoms with Crippen LogP contribution in [-0.2, 0) is 6.54 Å². The molecule has 0 unspecified atom stereocenters. The SMILES string of the molecule is CN(C)CCN(C)c1cccc(C=CC(=O)c2ccc(O)c(CN(C)C)c2)c1. The van der Waals surface area contributed by atoms with E-state index in [0.29, 0.717) is 12.1 Å². The van der Waals surface area contributed by atoms with Gasteiger partial charge in [-0.1, -0.05) is 18.2 Å². The molecule has 0 heterocycles. The minimum Gasteiger partial charge on any atom is -0.508 e. The zero-order valence-electron chi connectivity index (χ0n) is 17.5. The number of hydrogen-bond acceptors (Lipinski definition) is 5. The highest BCUT2D eigenvalue weighted by Gasteiger charge is 2.08. The Balaban J connectivity index is 2.11. The van der Waals surface area contributed by atoms with Gasteiger partial charge >= 0.3 is 0 Å². The number of anilines is 1. The quantitative estimate of drug-likeness (QED) is 0.533. The van der Waals surface area contributed by atoms with Crippen molar-refractivity contribution in [3.63, 3.8) is 0 Å². The molecule has 5 heteroatoms. The molecule has 0 aliphatic carbocycles. The maximum atomic E-state index is 12.6. The maximum Gasteiger partial charge on any atom is 0.185 e. The first-order valence-corrected chi connectivity index (χ1v) is 9.41. The predicted molar refractivity (Wildman–Crippen MR) is 117 cm³/mol. The van der Waals surface area contributed by atoms with Crippen LogP contribution in [0, 0.1) is 0 Å². The van der Waals surface area contributed by atoms with Crippen LogP contribution in [-0.4, -0.2) is 69.0 Å². The van der Waals surface area contributed by atoms with Crippen molar-refractivity contribution < 1.29 is 9.90 Å². The van der Waals surface area contributed by atoms with Gasteiger partial charge in [0.2, 0.25) is 0 Å². The maximum absolute atomic E-state index is 12.6. The lowest BCUT2D eigenvalue weighted by molar-refractivity contribution is 0.104. The van der Waals surface area contributed by atoms with Gasteiger partial charge in [-0.3, -0.25) is 4.79 Å². The van der Waals surface area contributed by atoms with E-state index in [1.165, 1.54) is 0 Å². The van der Waals surface area contributed by atoms with Gasteiger partial charge in [0.1, 0.15) is 5.75 Å². The molecule has 0 saturated carbocycles. The molecule has 150 valence electrons. The van der Waals surface area contributed by atoms with E-state index in [-0.39, 0.29) is 11.5 Å². The van der Waals surface area contributed by atoms with E-state index in [2.05, 4.69) is 43.1 Å². The largest absolute Gasteiger partial charge is 0.508 e. The number of likely N-dealkylation sites (N-methyl/N-ethyl adjacent to an activating group) is 2.